The number of aliphatic carboxylic acids is 1. The molecule has 0 aliphatic rings. The van der Waals surface area contributed by atoms with Crippen LogP contribution in [0.4, 0.5) is 0 Å². The van der Waals surface area contributed by atoms with Gasteiger partial charge >= 0.3 is 5.97 Å². The Kier molecular flexibility index (Phi) is 2.34. The van der Waals surface area contributed by atoms with E-state index in [1.165, 1.54) is 6.07 Å². The molecule has 0 bridgehead atoms. The van der Waals surface area contributed by atoms with E-state index in [-0.39, 0.29) is 5.75 Å². The zero-order valence-corrected chi connectivity index (χ0v) is 9.93. The number of carboxylic acid groups (broad SMARTS) is 1. The fourth-order valence-corrected chi connectivity index (χ4v) is 1.83. The van der Waals surface area contributed by atoms with Gasteiger partial charge in [0, 0.05) is 13.1 Å². The maximum atomic E-state index is 11.2. The van der Waals surface area contributed by atoms with E-state index in [2.05, 4.69) is 4.98 Å². The maximum Gasteiger partial charge on any atom is 0.316 e. The van der Waals surface area contributed by atoms with Crippen LogP contribution in [0.2, 0.25) is 0 Å². The molecule has 17 heavy (non-hydrogen) atoms. The van der Waals surface area contributed by atoms with Crippen molar-refractivity contribution in [2.75, 3.05) is 0 Å². The van der Waals surface area contributed by atoms with Crippen molar-refractivity contribution in [1.29, 1.82) is 0 Å². The Morgan fingerprint density at radius 2 is 2.06 bits per heavy atom. The number of hydrogen-bond donors (Lipinski definition) is 2. The molecule has 0 unspecified atom stereocenters. The van der Waals surface area contributed by atoms with Gasteiger partial charge in [-0.2, -0.15) is 0 Å². The standard InChI is InChI=1S/C12H14N2O3/c1-12(2,11(16)17)10-13-8-5-4-7(15)6-9(8)14(10)3/h4-6,15H,1-3H3,(H,16,17). The normalized spacial score (nSPS) is 11.9. The number of aromatic nitrogens is 2. The summed E-state index contributed by atoms with van der Waals surface area (Å²) in [6, 6.07) is 4.78. The van der Waals surface area contributed by atoms with E-state index in [1.54, 1.807) is 37.6 Å². The summed E-state index contributed by atoms with van der Waals surface area (Å²) < 4.78 is 1.70. The summed E-state index contributed by atoms with van der Waals surface area (Å²) in [4.78, 5) is 15.5. The predicted molar refractivity (Wildman–Crippen MR) is 63.0 cm³/mol. The number of phenolic OH excluding ortho intramolecular Hbond substituents is 1. The molecule has 0 fully saturated rings. The first-order valence-corrected chi connectivity index (χ1v) is 5.23. The first-order chi connectivity index (χ1) is 7.84. The molecular formula is C12H14N2O3. The molecule has 0 aliphatic carbocycles. The molecule has 2 rings (SSSR count). The zero-order chi connectivity index (χ0) is 12.8. The van der Waals surface area contributed by atoms with E-state index in [0.29, 0.717) is 16.9 Å². The lowest BCUT2D eigenvalue weighted by molar-refractivity contribution is -0.142. The van der Waals surface area contributed by atoms with Crippen LogP contribution < -0.4 is 0 Å². The van der Waals surface area contributed by atoms with Gasteiger partial charge in [-0.25, -0.2) is 4.98 Å². The van der Waals surface area contributed by atoms with Crippen molar-refractivity contribution in [3.63, 3.8) is 0 Å². The van der Waals surface area contributed by atoms with Gasteiger partial charge in [-0.1, -0.05) is 0 Å². The average molecular weight is 234 g/mol. The van der Waals surface area contributed by atoms with Crippen LogP contribution in [0.25, 0.3) is 11.0 Å². The molecule has 5 nitrogen and oxygen atoms in total. The summed E-state index contributed by atoms with van der Waals surface area (Å²) in [7, 11) is 1.74. The minimum Gasteiger partial charge on any atom is -0.508 e. The van der Waals surface area contributed by atoms with Gasteiger partial charge in [0.25, 0.3) is 0 Å². The fraction of sp³-hybridized carbons (Fsp3) is 0.333. The number of benzene rings is 1. The number of fused-ring (bicyclic) bond motifs is 1. The topological polar surface area (TPSA) is 75.4 Å². The molecule has 2 aromatic rings. The summed E-state index contributed by atoms with van der Waals surface area (Å²) in [5.41, 5.74) is 0.326. The van der Waals surface area contributed by atoms with Crippen molar-refractivity contribution in [3.8, 4) is 5.75 Å². The number of aromatic hydroxyl groups is 1. The number of rotatable bonds is 2. The molecule has 90 valence electrons. The Labute approximate surface area is 98.3 Å². The van der Waals surface area contributed by atoms with E-state index in [9.17, 15) is 15.0 Å². The lowest BCUT2D eigenvalue weighted by atomic mass is 9.93. The molecule has 0 saturated heterocycles. The fourth-order valence-electron chi connectivity index (χ4n) is 1.83. The number of hydrogen-bond acceptors (Lipinski definition) is 3. The Hall–Kier alpha value is -2.04. The number of carbonyl (C=O) groups is 1. The minimum absolute atomic E-state index is 0.139. The van der Waals surface area contributed by atoms with Crippen LogP contribution >= 0.6 is 0 Å². The molecule has 0 amide bonds. The van der Waals surface area contributed by atoms with E-state index in [4.69, 9.17) is 0 Å². The van der Waals surface area contributed by atoms with Crippen molar-refractivity contribution < 1.29 is 15.0 Å². The van der Waals surface area contributed by atoms with Crippen LogP contribution in [0.3, 0.4) is 0 Å². The van der Waals surface area contributed by atoms with Gasteiger partial charge in [0.2, 0.25) is 0 Å². The lowest BCUT2D eigenvalue weighted by Crippen LogP contribution is -2.31. The first-order valence-electron chi connectivity index (χ1n) is 5.23. The molecule has 1 aromatic heterocycles. The molecule has 0 aliphatic heterocycles. The number of phenols is 1. The van der Waals surface area contributed by atoms with Crippen LogP contribution in [0.1, 0.15) is 19.7 Å². The largest absolute Gasteiger partial charge is 0.508 e. The highest BCUT2D eigenvalue weighted by atomic mass is 16.4. The molecule has 1 heterocycles. The van der Waals surface area contributed by atoms with Gasteiger partial charge in [-0.05, 0) is 26.0 Å². The molecule has 0 atom stereocenters. The Bertz CT molecular complexity index is 599. The van der Waals surface area contributed by atoms with Crippen LogP contribution in [0.5, 0.6) is 5.75 Å². The summed E-state index contributed by atoms with van der Waals surface area (Å²) in [6.07, 6.45) is 0. The molecule has 5 heteroatoms. The first kappa shape index (κ1) is 11.4. The SMILES string of the molecule is Cn1c(C(C)(C)C(=O)O)nc2ccc(O)cc21. The molecule has 0 saturated carbocycles. The van der Waals surface area contributed by atoms with Gasteiger partial charge in [0.05, 0.1) is 11.0 Å². The second kappa shape index (κ2) is 3.48. The third kappa shape index (κ3) is 1.63. The summed E-state index contributed by atoms with van der Waals surface area (Å²) >= 11 is 0. The maximum absolute atomic E-state index is 11.2. The van der Waals surface area contributed by atoms with Crippen molar-refractivity contribution in [2.24, 2.45) is 7.05 Å². The van der Waals surface area contributed by atoms with Crippen LogP contribution in [-0.2, 0) is 17.3 Å². The smallest absolute Gasteiger partial charge is 0.316 e. The molecule has 2 N–H and O–H groups in total. The molecular weight excluding hydrogens is 220 g/mol. The van der Waals surface area contributed by atoms with Gasteiger partial charge in [-0.3, -0.25) is 4.79 Å². The summed E-state index contributed by atoms with van der Waals surface area (Å²) in [6.45, 7) is 3.22. The number of imidazole rings is 1. The zero-order valence-electron chi connectivity index (χ0n) is 9.93. The Morgan fingerprint density at radius 1 is 1.41 bits per heavy atom. The highest BCUT2D eigenvalue weighted by molar-refractivity contribution is 5.83. The van der Waals surface area contributed by atoms with Gasteiger partial charge in [-0.15, -0.1) is 0 Å². The highest BCUT2D eigenvalue weighted by Crippen LogP contribution is 2.27. The van der Waals surface area contributed by atoms with Crippen molar-refractivity contribution in [2.45, 2.75) is 19.3 Å². The van der Waals surface area contributed by atoms with Crippen LogP contribution in [-0.4, -0.2) is 25.7 Å². The van der Waals surface area contributed by atoms with Crippen LogP contribution in [0.15, 0.2) is 18.2 Å². The second-order valence-electron chi connectivity index (χ2n) is 4.60. The van der Waals surface area contributed by atoms with Crippen molar-refractivity contribution in [3.05, 3.63) is 24.0 Å². The van der Waals surface area contributed by atoms with Gasteiger partial charge in [0.1, 0.15) is 17.0 Å². The van der Waals surface area contributed by atoms with E-state index in [1.807, 2.05) is 0 Å². The average Bonchev–Trinajstić information content (AvgIpc) is 2.56. The summed E-state index contributed by atoms with van der Waals surface area (Å²) in [5, 5.41) is 18.6. The van der Waals surface area contributed by atoms with Crippen molar-refractivity contribution in [1.82, 2.24) is 9.55 Å². The second-order valence-corrected chi connectivity index (χ2v) is 4.60. The Morgan fingerprint density at radius 3 is 2.65 bits per heavy atom. The van der Waals surface area contributed by atoms with Gasteiger partial charge < -0.3 is 14.8 Å². The quantitative estimate of drug-likeness (QED) is 0.828. The van der Waals surface area contributed by atoms with E-state index < -0.39 is 11.4 Å². The third-order valence-electron chi connectivity index (χ3n) is 2.96. The van der Waals surface area contributed by atoms with Crippen molar-refractivity contribution >= 4 is 17.0 Å². The van der Waals surface area contributed by atoms with Gasteiger partial charge in [0.15, 0.2) is 0 Å². The Balaban J connectivity index is 2.72. The predicted octanol–water partition coefficient (Wildman–Crippen LogP) is 1.64. The third-order valence-corrected chi connectivity index (χ3v) is 2.96. The lowest BCUT2D eigenvalue weighted by Gasteiger charge is -2.18. The molecule has 0 radical (unpaired) electrons. The minimum atomic E-state index is -1.07. The molecule has 0 spiro atoms. The number of nitrogens with zero attached hydrogens (tertiary/aromatic N) is 2. The number of aryl methyl sites for hydroxylation is 1. The highest BCUT2D eigenvalue weighted by Gasteiger charge is 2.34. The number of carboxylic acids is 1. The van der Waals surface area contributed by atoms with E-state index in [0.717, 1.165) is 0 Å². The van der Waals surface area contributed by atoms with Crippen LogP contribution in [0, 0.1) is 0 Å². The van der Waals surface area contributed by atoms with E-state index >= 15 is 0 Å². The molecule has 1 aromatic carbocycles. The summed E-state index contributed by atoms with van der Waals surface area (Å²) in [5.74, 6) is -0.328. The monoisotopic (exact) mass is 234 g/mol.